The minimum atomic E-state index is -2.29. The Hall–Kier alpha value is -4.28. The highest BCUT2D eigenvalue weighted by Gasteiger charge is 2.66. The van der Waals surface area contributed by atoms with E-state index < -0.39 is 13.7 Å². The second-order valence-corrected chi connectivity index (χ2v) is 19.1. The summed E-state index contributed by atoms with van der Waals surface area (Å²) in [6.45, 7) is 7.04. The third-order valence-corrected chi connectivity index (χ3v) is 15.5. The molecule has 258 valence electrons. The molecule has 0 unspecified atom stereocenters. The highest BCUT2D eigenvalue weighted by molar-refractivity contribution is 6.91. The van der Waals surface area contributed by atoms with Crippen molar-refractivity contribution < 1.29 is 24.2 Å². The summed E-state index contributed by atoms with van der Waals surface area (Å²) in [7, 11) is -0.635. The van der Waals surface area contributed by atoms with Crippen LogP contribution in [0.3, 0.4) is 0 Å². The molecule has 1 fully saturated rings. The van der Waals surface area contributed by atoms with E-state index in [1.165, 1.54) is 10.2 Å². The van der Waals surface area contributed by atoms with Gasteiger partial charge in [0.05, 0.1) is 44.9 Å². The standard InChI is InChI=1S/C40H42ClN3O5Si/c1-26-38(50(3,4)32-17-15-31(48-2)16-18-32)36(22-23-45)49-40(26)33-24-29(41)12-20-35(33)43(39(40)47)25-27-10-13-30(14-11-27)44-37(46)21-19-34(42-44)28-8-6-5-7-9-28/h5-18,20,24,26,36,38,45H,19,21-23,25H2,1-4H3/t26-,36+,38-,40+/m0/s1. The number of benzene rings is 4. The molecule has 50 heavy (non-hydrogen) atoms. The first-order valence-corrected chi connectivity index (χ1v) is 20.6. The van der Waals surface area contributed by atoms with Gasteiger partial charge in [-0.25, -0.2) is 5.01 Å². The topological polar surface area (TPSA) is 91.7 Å². The molecule has 1 spiro atoms. The number of anilines is 2. The van der Waals surface area contributed by atoms with Crippen LogP contribution in [0.25, 0.3) is 0 Å². The van der Waals surface area contributed by atoms with Gasteiger partial charge in [0.1, 0.15) is 5.75 Å². The number of hydrazone groups is 1. The lowest BCUT2D eigenvalue weighted by Crippen LogP contribution is -2.51. The molecule has 0 radical (unpaired) electrons. The maximum atomic E-state index is 14.9. The van der Waals surface area contributed by atoms with Crippen molar-refractivity contribution in [1.82, 2.24) is 0 Å². The Morgan fingerprint density at radius 2 is 1.70 bits per heavy atom. The predicted octanol–water partition coefficient (Wildman–Crippen LogP) is 7.02. The zero-order chi connectivity index (χ0) is 35.2. The minimum absolute atomic E-state index is 0.0291. The van der Waals surface area contributed by atoms with E-state index in [-0.39, 0.29) is 36.0 Å². The number of amides is 2. The van der Waals surface area contributed by atoms with Crippen molar-refractivity contribution in [3.63, 3.8) is 0 Å². The number of hydrogen-bond donors (Lipinski definition) is 1. The molecule has 8 nitrogen and oxygen atoms in total. The van der Waals surface area contributed by atoms with E-state index in [0.29, 0.717) is 36.5 Å². The summed E-state index contributed by atoms with van der Waals surface area (Å²) in [5.74, 6) is 0.421. The molecule has 7 rings (SSSR count). The highest BCUT2D eigenvalue weighted by Crippen LogP contribution is 2.60. The van der Waals surface area contributed by atoms with Crippen molar-refractivity contribution in [3.8, 4) is 5.75 Å². The van der Waals surface area contributed by atoms with Crippen molar-refractivity contribution in [2.45, 2.75) is 63.1 Å². The van der Waals surface area contributed by atoms with Gasteiger partial charge in [0.2, 0.25) is 5.91 Å². The Balaban J connectivity index is 1.20. The fraction of sp³-hybridized carbons (Fsp3) is 0.325. The summed E-state index contributed by atoms with van der Waals surface area (Å²) in [5, 5.41) is 18.2. The number of rotatable bonds is 9. The lowest BCUT2D eigenvalue weighted by molar-refractivity contribution is -0.146. The molecule has 2 amide bonds. The fourth-order valence-corrected chi connectivity index (χ4v) is 12.6. The number of methoxy groups -OCH3 is 1. The summed E-state index contributed by atoms with van der Waals surface area (Å²) < 4.78 is 12.4. The molecule has 0 bridgehead atoms. The van der Waals surface area contributed by atoms with Crippen molar-refractivity contribution in [2.24, 2.45) is 11.0 Å². The number of nitrogens with zero attached hydrogens (tertiary/aromatic N) is 3. The van der Waals surface area contributed by atoms with Crippen molar-refractivity contribution in [3.05, 3.63) is 119 Å². The molecule has 4 aromatic carbocycles. The van der Waals surface area contributed by atoms with E-state index in [1.807, 2.05) is 84.9 Å². The third-order valence-electron chi connectivity index (χ3n) is 10.9. The maximum absolute atomic E-state index is 14.9. The number of hydrogen-bond acceptors (Lipinski definition) is 6. The summed E-state index contributed by atoms with van der Waals surface area (Å²) in [4.78, 5) is 29.6. The van der Waals surface area contributed by atoms with E-state index in [9.17, 15) is 14.7 Å². The number of fused-ring (bicyclic) bond motifs is 2. The molecule has 0 aliphatic carbocycles. The van der Waals surface area contributed by atoms with Crippen LogP contribution >= 0.6 is 11.6 Å². The van der Waals surface area contributed by atoms with E-state index in [0.717, 1.165) is 33.8 Å². The smallest absolute Gasteiger partial charge is 0.264 e. The number of carbonyl (C=O) groups excluding carboxylic acids is 2. The van der Waals surface area contributed by atoms with Gasteiger partial charge in [-0.2, -0.15) is 5.10 Å². The normalized spacial score (nSPS) is 23.4. The molecule has 3 aliphatic heterocycles. The average molecular weight is 708 g/mol. The van der Waals surface area contributed by atoms with Crippen LogP contribution in [0.15, 0.2) is 102 Å². The predicted molar refractivity (Wildman–Crippen MR) is 200 cm³/mol. The van der Waals surface area contributed by atoms with Gasteiger partial charge < -0.3 is 19.5 Å². The number of ether oxygens (including phenoxy) is 2. The molecule has 4 aromatic rings. The Morgan fingerprint density at radius 1 is 0.980 bits per heavy atom. The van der Waals surface area contributed by atoms with Gasteiger partial charge in [-0.15, -0.1) is 0 Å². The van der Waals surface area contributed by atoms with E-state index in [1.54, 1.807) is 12.0 Å². The van der Waals surface area contributed by atoms with Crippen LogP contribution in [0.2, 0.25) is 23.7 Å². The number of halogens is 1. The van der Waals surface area contributed by atoms with Crippen molar-refractivity contribution in [1.29, 1.82) is 0 Å². The Morgan fingerprint density at radius 3 is 2.38 bits per heavy atom. The van der Waals surface area contributed by atoms with Crippen LogP contribution in [0.5, 0.6) is 5.75 Å². The lowest BCUT2D eigenvalue weighted by Gasteiger charge is -2.37. The summed E-state index contributed by atoms with van der Waals surface area (Å²) in [6, 6.07) is 31.4. The first kappa shape index (κ1) is 34.2. The molecule has 0 aromatic heterocycles. The summed E-state index contributed by atoms with van der Waals surface area (Å²) in [5.41, 5.74) is 3.78. The van der Waals surface area contributed by atoms with E-state index in [4.69, 9.17) is 26.2 Å². The zero-order valence-electron chi connectivity index (χ0n) is 28.8. The van der Waals surface area contributed by atoms with Crippen LogP contribution in [-0.4, -0.2) is 50.5 Å². The van der Waals surface area contributed by atoms with Crippen LogP contribution < -0.4 is 19.8 Å². The number of carbonyl (C=O) groups is 2. The summed E-state index contributed by atoms with van der Waals surface area (Å²) >= 11 is 6.62. The number of aliphatic hydroxyl groups excluding tert-OH is 1. The zero-order valence-corrected chi connectivity index (χ0v) is 30.6. The average Bonchev–Trinajstić information content (AvgIpc) is 3.55. The van der Waals surface area contributed by atoms with Gasteiger partial charge in [0.15, 0.2) is 5.60 Å². The highest BCUT2D eigenvalue weighted by atomic mass is 35.5. The molecular formula is C40H42ClN3O5Si. The maximum Gasteiger partial charge on any atom is 0.264 e. The summed E-state index contributed by atoms with van der Waals surface area (Å²) in [6.07, 6.45) is 1.09. The lowest BCUT2D eigenvalue weighted by atomic mass is 9.82. The Kier molecular flexibility index (Phi) is 9.19. The minimum Gasteiger partial charge on any atom is -0.497 e. The van der Waals surface area contributed by atoms with Gasteiger partial charge in [0, 0.05) is 36.0 Å². The first-order valence-electron chi connectivity index (χ1n) is 17.2. The van der Waals surface area contributed by atoms with Crippen molar-refractivity contribution in [2.75, 3.05) is 23.6 Å². The first-order chi connectivity index (χ1) is 24.1. The molecule has 3 heterocycles. The molecular weight excluding hydrogens is 666 g/mol. The van der Waals surface area contributed by atoms with Gasteiger partial charge in [0.25, 0.3) is 5.91 Å². The quantitative estimate of drug-likeness (QED) is 0.189. The van der Waals surface area contributed by atoms with Gasteiger partial charge in [-0.3, -0.25) is 9.59 Å². The van der Waals surface area contributed by atoms with Crippen molar-refractivity contribution >= 4 is 53.8 Å². The van der Waals surface area contributed by atoms with Gasteiger partial charge >= 0.3 is 0 Å². The Bertz CT molecular complexity index is 1940. The molecule has 1 N–H and O–H groups in total. The monoisotopic (exact) mass is 707 g/mol. The van der Waals surface area contributed by atoms with Gasteiger partial charge in [-0.1, -0.05) is 91.4 Å². The molecule has 4 atom stereocenters. The number of aliphatic hydroxyl groups is 1. The molecule has 0 saturated carbocycles. The molecule has 3 aliphatic rings. The van der Waals surface area contributed by atoms with Gasteiger partial charge in [-0.05, 0) is 65.6 Å². The Labute approximate surface area is 299 Å². The van der Waals surface area contributed by atoms with E-state index in [2.05, 4.69) is 32.2 Å². The largest absolute Gasteiger partial charge is 0.497 e. The van der Waals surface area contributed by atoms with Crippen LogP contribution in [0.4, 0.5) is 11.4 Å². The molecule has 1 saturated heterocycles. The SMILES string of the molecule is COc1ccc([Si](C)(C)[C@@H]2[C@@H](CCO)O[C@]3(C(=O)N(Cc4ccc(N5N=C(c6ccccc6)CCC5=O)cc4)c4ccc(Cl)cc43)[C@H]2C)cc1. The fourth-order valence-electron chi connectivity index (χ4n) is 8.36. The van der Waals surface area contributed by atoms with E-state index >= 15 is 0 Å². The third kappa shape index (κ3) is 5.76. The second-order valence-electron chi connectivity index (χ2n) is 14.0. The second kappa shape index (κ2) is 13.4. The van der Waals surface area contributed by atoms with Crippen LogP contribution in [0.1, 0.15) is 42.9 Å². The van der Waals surface area contributed by atoms with Crippen LogP contribution in [0, 0.1) is 5.92 Å². The molecule has 10 heteroatoms. The van der Waals surface area contributed by atoms with Crippen LogP contribution in [-0.2, 0) is 26.5 Å².